The number of ether oxygens (including phenoxy) is 1. The van der Waals surface area contributed by atoms with Crippen LogP contribution in [0.25, 0.3) is 11.2 Å². The summed E-state index contributed by atoms with van der Waals surface area (Å²) >= 11 is 0. The first kappa shape index (κ1) is 23.4. The smallest absolute Gasteiger partial charge is 0.382 e. The Morgan fingerprint density at radius 2 is 1.70 bits per heavy atom. The molecule has 2 aromatic heterocycles. The average Bonchev–Trinajstić information content (AvgIpc) is 3.09. The van der Waals surface area contributed by atoms with Crippen molar-refractivity contribution >= 4 is 40.4 Å². The molecule has 1 saturated heterocycles. The van der Waals surface area contributed by atoms with E-state index in [4.69, 9.17) is 24.8 Å². The molecular formula is C11H18N5O11P3. The summed E-state index contributed by atoms with van der Waals surface area (Å²) in [5, 5.41) is 0. The fourth-order valence-electron chi connectivity index (χ4n) is 2.82. The van der Waals surface area contributed by atoms with Crippen LogP contribution in [0.4, 0.5) is 5.82 Å². The lowest BCUT2D eigenvalue weighted by molar-refractivity contribution is -0.118. The summed E-state index contributed by atoms with van der Waals surface area (Å²) in [6.07, 6.45) is 0.420. The Morgan fingerprint density at radius 3 is 2.33 bits per heavy atom. The molecule has 1 aliphatic rings. The SMILES string of the molecule is CC1C(OP(=O)(O)OP(=O)(O)OP(=O)(O)O)OC(n2cnc3c(N)ncnc32)C1C. The van der Waals surface area contributed by atoms with E-state index in [0.717, 1.165) is 0 Å². The molecule has 1 aliphatic heterocycles. The second-order valence-corrected chi connectivity index (χ2v) is 10.8. The van der Waals surface area contributed by atoms with Crippen molar-refractivity contribution in [1.29, 1.82) is 0 Å². The standard InChI is InChI=1S/C11H18N5O11P3/c1-5-6(2)11(25-29(20,21)27-30(22,23)26-28(17,18)19)24-10(5)16-4-15-7-8(12)13-3-14-9(7)16/h3-6,10-11H,1-2H3,(H,20,21)(H,22,23)(H2,12,13,14)(H2,17,18,19). The predicted octanol–water partition coefficient (Wildman–Crippen LogP) is 0.879. The van der Waals surface area contributed by atoms with Gasteiger partial charge in [-0.05, 0) is 0 Å². The third-order valence-corrected chi connectivity index (χ3v) is 8.10. The number of imidazole rings is 1. The monoisotopic (exact) mass is 489 g/mol. The van der Waals surface area contributed by atoms with Crippen LogP contribution in [0.2, 0.25) is 0 Å². The summed E-state index contributed by atoms with van der Waals surface area (Å²) in [6.45, 7) is 3.36. The predicted molar refractivity (Wildman–Crippen MR) is 96.9 cm³/mol. The molecule has 0 radical (unpaired) electrons. The van der Waals surface area contributed by atoms with Crippen LogP contribution in [0.5, 0.6) is 0 Å². The largest absolute Gasteiger partial charge is 0.490 e. The van der Waals surface area contributed by atoms with Crippen LogP contribution in [0.15, 0.2) is 12.7 Å². The number of fused-ring (bicyclic) bond motifs is 1. The number of rotatable bonds is 7. The molecule has 0 aromatic carbocycles. The molecule has 0 amide bonds. The molecule has 0 bridgehead atoms. The molecular weight excluding hydrogens is 471 g/mol. The van der Waals surface area contributed by atoms with Crippen LogP contribution in [0.3, 0.4) is 0 Å². The summed E-state index contributed by atoms with van der Waals surface area (Å²) in [7, 11) is -16.5. The highest BCUT2D eigenvalue weighted by Gasteiger charge is 2.48. The molecule has 3 heterocycles. The highest BCUT2D eigenvalue weighted by atomic mass is 31.3. The topological polar surface area (TPSA) is 239 Å². The normalized spacial score (nSPS) is 29.0. The number of nitrogens with zero attached hydrogens (tertiary/aromatic N) is 4. The molecule has 19 heteroatoms. The van der Waals surface area contributed by atoms with Crippen LogP contribution in [0.1, 0.15) is 20.1 Å². The number of phosphoric ester groups is 1. The van der Waals surface area contributed by atoms with Crippen LogP contribution in [0, 0.1) is 11.8 Å². The first-order chi connectivity index (χ1) is 13.7. The van der Waals surface area contributed by atoms with Gasteiger partial charge < -0.3 is 30.0 Å². The van der Waals surface area contributed by atoms with Crippen LogP contribution in [-0.4, -0.2) is 45.4 Å². The Balaban J connectivity index is 1.78. The zero-order chi connectivity index (χ0) is 22.5. The third-order valence-electron chi connectivity index (χ3n) is 4.30. The second kappa shape index (κ2) is 8.01. The zero-order valence-electron chi connectivity index (χ0n) is 15.3. The minimum Gasteiger partial charge on any atom is -0.382 e. The van der Waals surface area contributed by atoms with E-state index in [9.17, 15) is 23.5 Å². The lowest BCUT2D eigenvalue weighted by Crippen LogP contribution is -2.19. The second-order valence-electron chi connectivity index (χ2n) is 6.39. The first-order valence-electron chi connectivity index (χ1n) is 8.10. The van der Waals surface area contributed by atoms with E-state index in [1.54, 1.807) is 13.8 Å². The Labute approximate surface area is 168 Å². The number of nitrogen functional groups attached to an aromatic ring is 1. The number of hydrogen-bond donors (Lipinski definition) is 5. The minimum absolute atomic E-state index is 0.141. The van der Waals surface area contributed by atoms with Gasteiger partial charge in [-0.25, -0.2) is 28.6 Å². The van der Waals surface area contributed by atoms with E-state index < -0.39 is 41.9 Å². The Bertz CT molecular complexity index is 1090. The van der Waals surface area contributed by atoms with Crippen LogP contribution in [-0.2, 0) is 31.6 Å². The molecule has 1 fully saturated rings. The summed E-state index contributed by atoms with van der Waals surface area (Å²) in [6, 6.07) is 0. The molecule has 6 unspecified atom stereocenters. The Morgan fingerprint density at radius 1 is 1.03 bits per heavy atom. The van der Waals surface area contributed by atoms with Crippen molar-refractivity contribution in [2.45, 2.75) is 26.4 Å². The first-order valence-corrected chi connectivity index (χ1v) is 12.6. The summed E-state index contributed by atoms with van der Waals surface area (Å²) < 4.78 is 53.6. The van der Waals surface area contributed by atoms with Crippen molar-refractivity contribution in [3.8, 4) is 0 Å². The van der Waals surface area contributed by atoms with Crippen molar-refractivity contribution in [2.24, 2.45) is 11.8 Å². The fraction of sp³-hybridized carbons (Fsp3) is 0.545. The molecule has 6 N–H and O–H groups in total. The number of hydrogen-bond acceptors (Lipinski definition) is 11. The number of phosphoric acid groups is 3. The molecule has 0 aliphatic carbocycles. The third kappa shape index (κ3) is 5.13. The fourth-order valence-corrected chi connectivity index (χ4v) is 5.98. The molecule has 0 saturated carbocycles. The lowest BCUT2D eigenvalue weighted by atomic mass is 9.97. The van der Waals surface area contributed by atoms with Crippen molar-refractivity contribution in [2.75, 3.05) is 5.73 Å². The summed E-state index contributed by atoms with van der Waals surface area (Å²) in [5.41, 5.74) is 6.40. The lowest BCUT2D eigenvalue weighted by Gasteiger charge is -2.21. The molecule has 2 aromatic rings. The van der Waals surface area contributed by atoms with E-state index in [0.29, 0.717) is 11.2 Å². The van der Waals surface area contributed by atoms with Crippen molar-refractivity contribution in [1.82, 2.24) is 19.5 Å². The van der Waals surface area contributed by atoms with Gasteiger partial charge in [0.25, 0.3) is 0 Å². The van der Waals surface area contributed by atoms with Gasteiger partial charge in [0.05, 0.1) is 6.33 Å². The van der Waals surface area contributed by atoms with E-state index >= 15 is 0 Å². The molecule has 30 heavy (non-hydrogen) atoms. The maximum atomic E-state index is 12.1. The number of aromatic nitrogens is 4. The molecule has 6 atom stereocenters. The van der Waals surface area contributed by atoms with Gasteiger partial charge >= 0.3 is 23.5 Å². The van der Waals surface area contributed by atoms with E-state index in [1.807, 2.05) is 0 Å². The van der Waals surface area contributed by atoms with Gasteiger partial charge in [0.15, 0.2) is 17.8 Å². The maximum Gasteiger partial charge on any atom is 0.490 e. The van der Waals surface area contributed by atoms with Crippen molar-refractivity contribution in [3.63, 3.8) is 0 Å². The summed E-state index contributed by atoms with van der Waals surface area (Å²) in [5.74, 6) is -0.741. The van der Waals surface area contributed by atoms with E-state index in [1.165, 1.54) is 17.2 Å². The van der Waals surface area contributed by atoms with E-state index in [2.05, 4.69) is 23.6 Å². The van der Waals surface area contributed by atoms with Gasteiger partial charge in [-0.1, -0.05) is 13.8 Å². The molecule has 168 valence electrons. The average molecular weight is 489 g/mol. The molecule has 16 nitrogen and oxygen atoms in total. The quantitative estimate of drug-likeness (QED) is 0.339. The maximum absolute atomic E-state index is 12.1. The van der Waals surface area contributed by atoms with Gasteiger partial charge in [0.2, 0.25) is 0 Å². The van der Waals surface area contributed by atoms with E-state index in [-0.39, 0.29) is 11.7 Å². The van der Waals surface area contributed by atoms with Gasteiger partial charge in [-0.15, -0.1) is 0 Å². The van der Waals surface area contributed by atoms with Crippen molar-refractivity contribution < 1.29 is 51.2 Å². The molecule has 0 spiro atoms. The number of nitrogens with two attached hydrogens (primary N) is 1. The highest BCUT2D eigenvalue weighted by Crippen LogP contribution is 2.67. The van der Waals surface area contributed by atoms with Gasteiger partial charge in [-0.3, -0.25) is 9.09 Å². The van der Waals surface area contributed by atoms with Gasteiger partial charge in [-0.2, -0.15) is 8.62 Å². The van der Waals surface area contributed by atoms with Crippen LogP contribution >= 0.6 is 23.5 Å². The summed E-state index contributed by atoms with van der Waals surface area (Å²) in [4.78, 5) is 48.2. The number of anilines is 1. The minimum atomic E-state index is -5.63. The van der Waals surface area contributed by atoms with Crippen LogP contribution < -0.4 is 5.73 Å². The Hall–Kier alpha value is -1.28. The van der Waals surface area contributed by atoms with Gasteiger partial charge in [0.1, 0.15) is 18.1 Å². The zero-order valence-corrected chi connectivity index (χ0v) is 18.0. The van der Waals surface area contributed by atoms with Gasteiger partial charge in [0, 0.05) is 11.8 Å². The van der Waals surface area contributed by atoms with Crippen molar-refractivity contribution in [3.05, 3.63) is 12.7 Å². The molecule has 3 rings (SSSR count). The highest BCUT2D eigenvalue weighted by molar-refractivity contribution is 7.66. The Kier molecular flexibility index (Phi) is 6.24.